The highest BCUT2D eigenvalue weighted by molar-refractivity contribution is 6.34. The van der Waals surface area contributed by atoms with Crippen LogP contribution in [0.25, 0.3) is 0 Å². The number of halogens is 2. The van der Waals surface area contributed by atoms with Gasteiger partial charge in [0.25, 0.3) is 0 Å². The summed E-state index contributed by atoms with van der Waals surface area (Å²) in [4.78, 5) is 0. The Morgan fingerprint density at radius 3 is 2.53 bits per heavy atom. The molecule has 0 spiro atoms. The molecule has 17 heavy (non-hydrogen) atoms. The highest BCUT2D eigenvalue weighted by Crippen LogP contribution is 2.20. The summed E-state index contributed by atoms with van der Waals surface area (Å²) in [5, 5.41) is 4.65. The molecule has 4 heteroatoms. The van der Waals surface area contributed by atoms with Crippen molar-refractivity contribution < 1.29 is 4.42 Å². The zero-order valence-corrected chi connectivity index (χ0v) is 10.9. The first kappa shape index (κ1) is 12.5. The Morgan fingerprint density at radius 2 is 1.94 bits per heavy atom. The van der Waals surface area contributed by atoms with Gasteiger partial charge in [0.2, 0.25) is 0 Å². The topological polar surface area (TPSA) is 25.2 Å². The molecule has 0 saturated carbocycles. The van der Waals surface area contributed by atoms with Gasteiger partial charge in [0, 0.05) is 16.6 Å². The smallest absolute Gasteiger partial charge is 0.120 e. The zero-order valence-electron chi connectivity index (χ0n) is 9.41. The lowest BCUT2D eigenvalue weighted by molar-refractivity contribution is 0.430. The summed E-state index contributed by atoms with van der Waals surface area (Å²) in [6.07, 6.45) is 1.67. The largest absolute Gasteiger partial charge is 0.468 e. The highest BCUT2D eigenvalue weighted by Gasteiger charge is 2.07. The van der Waals surface area contributed by atoms with E-state index in [9.17, 15) is 0 Å². The lowest BCUT2D eigenvalue weighted by atomic mass is 10.2. The molecular weight excluding hydrogens is 257 g/mol. The maximum atomic E-state index is 5.93. The van der Waals surface area contributed by atoms with Gasteiger partial charge in [-0.25, -0.2) is 0 Å². The quantitative estimate of drug-likeness (QED) is 0.888. The summed E-state index contributed by atoms with van der Waals surface area (Å²) in [6, 6.07) is 9.50. The van der Waals surface area contributed by atoms with Crippen molar-refractivity contribution in [3.8, 4) is 0 Å². The molecule has 1 aromatic heterocycles. The summed E-state index contributed by atoms with van der Waals surface area (Å²) in [5.74, 6) is 0.915. The van der Waals surface area contributed by atoms with E-state index in [1.807, 2.05) is 31.2 Å². The molecule has 0 fully saturated rings. The second kappa shape index (κ2) is 5.58. The highest BCUT2D eigenvalue weighted by atomic mass is 35.5. The number of furan rings is 1. The van der Waals surface area contributed by atoms with Crippen LogP contribution in [-0.2, 0) is 6.54 Å². The molecule has 2 aromatic rings. The number of hydrogen-bond acceptors (Lipinski definition) is 2. The Kier molecular flexibility index (Phi) is 4.11. The van der Waals surface area contributed by atoms with E-state index in [1.54, 1.807) is 12.3 Å². The lowest BCUT2D eigenvalue weighted by Crippen LogP contribution is -2.17. The minimum Gasteiger partial charge on any atom is -0.468 e. The van der Waals surface area contributed by atoms with Crippen molar-refractivity contribution in [2.75, 3.05) is 0 Å². The third-order valence-electron chi connectivity index (χ3n) is 2.50. The maximum absolute atomic E-state index is 5.93. The number of benzene rings is 1. The molecule has 1 atom stereocenters. The second-order valence-corrected chi connectivity index (χ2v) is 4.77. The van der Waals surface area contributed by atoms with Crippen molar-refractivity contribution in [2.24, 2.45) is 0 Å². The number of nitrogens with one attached hydrogen (secondary N) is 1. The molecule has 0 aliphatic carbocycles. The van der Waals surface area contributed by atoms with Crippen molar-refractivity contribution in [2.45, 2.75) is 19.5 Å². The van der Waals surface area contributed by atoms with E-state index in [-0.39, 0.29) is 6.04 Å². The van der Waals surface area contributed by atoms with Gasteiger partial charge >= 0.3 is 0 Å². The summed E-state index contributed by atoms with van der Waals surface area (Å²) in [5.41, 5.74) is 1.06. The zero-order chi connectivity index (χ0) is 12.3. The Bertz CT molecular complexity index is 462. The van der Waals surface area contributed by atoms with Gasteiger partial charge in [-0.05, 0) is 42.8 Å². The maximum Gasteiger partial charge on any atom is 0.120 e. The molecule has 0 bridgehead atoms. The van der Waals surface area contributed by atoms with Crippen LogP contribution in [0.2, 0.25) is 10.0 Å². The molecule has 1 unspecified atom stereocenters. The van der Waals surface area contributed by atoms with Crippen molar-refractivity contribution in [3.05, 3.63) is 58.0 Å². The predicted octanol–water partition coefficient (Wildman–Crippen LogP) is 4.44. The third-order valence-corrected chi connectivity index (χ3v) is 2.94. The number of hydrogen-bond donors (Lipinski definition) is 1. The van der Waals surface area contributed by atoms with Crippen LogP contribution in [-0.4, -0.2) is 0 Å². The molecule has 2 nitrogen and oxygen atoms in total. The molecular formula is C13H13Cl2NO. The second-order valence-electron chi connectivity index (χ2n) is 3.90. The summed E-state index contributed by atoms with van der Waals surface area (Å²) in [6.45, 7) is 2.74. The molecule has 0 amide bonds. The molecule has 90 valence electrons. The van der Waals surface area contributed by atoms with Gasteiger partial charge in [-0.1, -0.05) is 23.2 Å². The van der Waals surface area contributed by atoms with Crippen LogP contribution in [0.4, 0.5) is 0 Å². The minimum atomic E-state index is 0.155. The van der Waals surface area contributed by atoms with E-state index in [2.05, 4.69) is 5.32 Å². The van der Waals surface area contributed by atoms with E-state index in [4.69, 9.17) is 27.6 Å². The SMILES string of the molecule is CC(NCc1cc(Cl)cc(Cl)c1)c1ccco1. The van der Waals surface area contributed by atoms with E-state index in [0.717, 1.165) is 11.3 Å². The van der Waals surface area contributed by atoms with Gasteiger partial charge < -0.3 is 9.73 Å². The Balaban J connectivity index is 1.98. The van der Waals surface area contributed by atoms with Crippen molar-refractivity contribution in [1.82, 2.24) is 5.32 Å². The Hall–Kier alpha value is -0.960. The van der Waals surface area contributed by atoms with Gasteiger partial charge in [-0.15, -0.1) is 0 Å². The van der Waals surface area contributed by atoms with Crippen LogP contribution in [0, 0.1) is 0 Å². The fraction of sp³-hybridized carbons (Fsp3) is 0.231. The van der Waals surface area contributed by atoms with Crippen LogP contribution >= 0.6 is 23.2 Å². The van der Waals surface area contributed by atoms with Crippen molar-refractivity contribution >= 4 is 23.2 Å². The Morgan fingerprint density at radius 1 is 1.24 bits per heavy atom. The van der Waals surface area contributed by atoms with Crippen LogP contribution < -0.4 is 5.32 Å². The first-order chi connectivity index (χ1) is 8.15. The van der Waals surface area contributed by atoms with Gasteiger partial charge in [0.05, 0.1) is 12.3 Å². The van der Waals surface area contributed by atoms with E-state index in [0.29, 0.717) is 16.6 Å². The molecule has 1 N–H and O–H groups in total. The molecule has 0 aliphatic heterocycles. The van der Waals surface area contributed by atoms with Crippen LogP contribution in [0.1, 0.15) is 24.3 Å². The first-order valence-corrected chi connectivity index (χ1v) is 6.12. The first-order valence-electron chi connectivity index (χ1n) is 5.37. The van der Waals surface area contributed by atoms with Gasteiger partial charge in [0.15, 0.2) is 0 Å². The predicted molar refractivity (Wildman–Crippen MR) is 70.4 cm³/mol. The molecule has 2 rings (SSSR count). The van der Waals surface area contributed by atoms with Crippen molar-refractivity contribution in [1.29, 1.82) is 0 Å². The molecule has 1 aromatic carbocycles. The van der Waals surface area contributed by atoms with E-state index < -0.39 is 0 Å². The van der Waals surface area contributed by atoms with Gasteiger partial charge in [-0.3, -0.25) is 0 Å². The average Bonchev–Trinajstić information content (AvgIpc) is 2.78. The lowest BCUT2D eigenvalue weighted by Gasteiger charge is -2.11. The van der Waals surface area contributed by atoms with Crippen LogP contribution in [0.15, 0.2) is 41.0 Å². The normalized spacial score (nSPS) is 12.6. The summed E-state index contributed by atoms with van der Waals surface area (Å²) in [7, 11) is 0. The van der Waals surface area contributed by atoms with E-state index >= 15 is 0 Å². The standard InChI is InChI=1S/C13H13Cl2NO/c1-9(13-3-2-4-17-13)16-8-10-5-11(14)7-12(15)6-10/h2-7,9,16H,8H2,1H3. The Labute approximate surface area is 111 Å². The summed E-state index contributed by atoms with van der Waals surface area (Å²) >= 11 is 11.9. The molecule has 0 radical (unpaired) electrons. The molecule has 0 saturated heterocycles. The number of rotatable bonds is 4. The molecule has 1 heterocycles. The molecule has 0 aliphatic rings. The van der Waals surface area contributed by atoms with Gasteiger partial charge in [-0.2, -0.15) is 0 Å². The fourth-order valence-corrected chi connectivity index (χ4v) is 2.19. The monoisotopic (exact) mass is 269 g/mol. The fourth-order valence-electron chi connectivity index (χ4n) is 1.62. The van der Waals surface area contributed by atoms with Gasteiger partial charge in [0.1, 0.15) is 5.76 Å². The minimum absolute atomic E-state index is 0.155. The average molecular weight is 270 g/mol. The summed E-state index contributed by atoms with van der Waals surface area (Å²) < 4.78 is 5.32. The van der Waals surface area contributed by atoms with Crippen LogP contribution in [0.3, 0.4) is 0 Å². The van der Waals surface area contributed by atoms with E-state index in [1.165, 1.54) is 0 Å². The van der Waals surface area contributed by atoms with Crippen molar-refractivity contribution in [3.63, 3.8) is 0 Å². The van der Waals surface area contributed by atoms with Crippen LogP contribution in [0.5, 0.6) is 0 Å². The third kappa shape index (κ3) is 3.50.